The van der Waals surface area contributed by atoms with Crippen LogP contribution >= 0.6 is 0 Å². The Morgan fingerprint density at radius 1 is 1.21 bits per heavy atom. The van der Waals surface area contributed by atoms with Crippen molar-refractivity contribution in [1.29, 1.82) is 0 Å². The summed E-state index contributed by atoms with van der Waals surface area (Å²) in [5.41, 5.74) is 9.44. The molecule has 1 fully saturated rings. The molecule has 0 saturated heterocycles. The Kier molecular flexibility index (Phi) is 4.35. The van der Waals surface area contributed by atoms with E-state index in [-0.39, 0.29) is 5.54 Å². The third-order valence-electron chi connectivity index (χ3n) is 4.38. The number of hydrogen-bond donors (Lipinski definition) is 1. The van der Waals surface area contributed by atoms with Gasteiger partial charge in [-0.3, -0.25) is 0 Å². The summed E-state index contributed by atoms with van der Waals surface area (Å²) in [4.78, 5) is 0. The summed E-state index contributed by atoms with van der Waals surface area (Å²) in [7, 11) is 0. The van der Waals surface area contributed by atoms with Crippen LogP contribution in [0.25, 0.3) is 0 Å². The van der Waals surface area contributed by atoms with Gasteiger partial charge >= 0.3 is 0 Å². The molecule has 0 aliphatic heterocycles. The number of benzene rings is 1. The number of rotatable bonds is 3. The zero-order valence-corrected chi connectivity index (χ0v) is 12.9. The van der Waals surface area contributed by atoms with E-state index < -0.39 is 0 Å². The van der Waals surface area contributed by atoms with Gasteiger partial charge in [-0.15, -0.1) is 0 Å². The lowest BCUT2D eigenvalue weighted by molar-refractivity contribution is 0.183. The average Bonchev–Trinajstić information content (AvgIpc) is 2.26. The van der Waals surface area contributed by atoms with Crippen molar-refractivity contribution in [1.82, 2.24) is 0 Å². The van der Waals surface area contributed by atoms with Gasteiger partial charge < -0.3 is 5.73 Å². The van der Waals surface area contributed by atoms with Gasteiger partial charge in [0.25, 0.3) is 0 Å². The highest BCUT2D eigenvalue weighted by molar-refractivity contribution is 5.30. The first kappa shape index (κ1) is 14.6. The van der Waals surface area contributed by atoms with Crippen LogP contribution in [0.3, 0.4) is 0 Å². The van der Waals surface area contributed by atoms with Crippen molar-refractivity contribution in [2.45, 2.75) is 58.9 Å². The second-order valence-electron chi connectivity index (χ2n) is 7.31. The van der Waals surface area contributed by atoms with Crippen LogP contribution < -0.4 is 5.73 Å². The van der Waals surface area contributed by atoms with Crippen LogP contribution in [0.15, 0.2) is 24.3 Å². The third-order valence-corrected chi connectivity index (χ3v) is 4.38. The van der Waals surface area contributed by atoms with Crippen LogP contribution in [0.2, 0.25) is 0 Å². The minimum absolute atomic E-state index is 0.107. The number of hydrogen-bond acceptors (Lipinski definition) is 1. The normalized spacial score (nSPS) is 31.7. The standard InChI is InChI=1S/C18H29N/c1-13(2)8-16-6-5-7-17(10-16)18(19)11-14(3)9-15(4)12-18/h5-7,10,13-15H,8-9,11-12,19H2,1-4H3. The average molecular weight is 259 g/mol. The SMILES string of the molecule is CC(C)Cc1cccc(C2(N)CC(C)CC(C)C2)c1. The van der Waals surface area contributed by atoms with Gasteiger partial charge in [-0.25, -0.2) is 0 Å². The van der Waals surface area contributed by atoms with Crippen LogP contribution in [-0.2, 0) is 12.0 Å². The molecule has 106 valence electrons. The fourth-order valence-electron chi connectivity index (χ4n) is 3.90. The Morgan fingerprint density at radius 3 is 2.42 bits per heavy atom. The second kappa shape index (κ2) is 5.66. The van der Waals surface area contributed by atoms with E-state index in [2.05, 4.69) is 52.0 Å². The first-order valence-electron chi connectivity index (χ1n) is 7.77. The highest BCUT2D eigenvalue weighted by atomic mass is 14.8. The van der Waals surface area contributed by atoms with Crippen LogP contribution in [0, 0.1) is 17.8 Å². The van der Waals surface area contributed by atoms with Crippen LogP contribution in [0.4, 0.5) is 0 Å². The Labute approximate surface area is 118 Å². The van der Waals surface area contributed by atoms with Crippen molar-refractivity contribution < 1.29 is 0 Å². The van der Waals surface area contributed by atoms with Gasteiger partial charge in [-0.05, 0) is 54.6 Å². The second-order valence-corrected chi connectivity index (χ2v) is 7.31. The summed E-state index contributed by atoms with van der Waals surface area (Å²) >= 11 is 0. The Hall–Kier alpha value is -0.820. The maximum atomic E-state index is 6.76. The van der Waals surface area contributed by atoms with Gasteiger partial charge in [0.15, 0.2) is 0 Å². The van der Waals surface area contributed by atoms with Crippen LogP contribution in [-0.4, -0.2) is 0 Å². The molecule has 0 heterocycles. The minimum Gasteiger partial charge on any atom is -0.321 e. The summed E-state index contributed by atoms with van der Waals surface area (Å²) in [6.45, 7) is 9.23. The van der Waals surface area contributed by atoms with Gasteiger partial charge in [0.2, 0.25) is 0 Å². The fraction of sp³-hybridized carbons (Fsp3) is 0.667. The summed E-state index contributed by atoms with van der Waals surface area (Å²) in [5, 5.41) is 0. The molecular weight excluding hydrogens is 230 g/mol. The topological polar surface area (TPSA) is 26.0 Å². The summed E-state index contributed by atoms with van der Waals surface area (Å²) in [6.07, 6.45) is 4.73. The summed E-state index contributed by atoms with van der Waals surface area (Å²) < 4.78 is 0. The molecule has 0 amide bonds. The molecule has 1 aromatic carbocycles. The van der Waals surface area contributed by atoms with Crippen molar-refractivity contribution in [3.63, 3.8) is 0 Å². The van der Waals surface area contributed by atoms with Gasteiger partial charge in [0.1, 0.15) is 0 Å². The predicted octanol–water partition coefficient (Wildman–Crippen LogP) is 4.50. The molecule has 2 atom stereocenters. The van der Waals surface area contributed by atoms with Crippen molar-refractivity contribution in [3.8, 4) is 0 Å². The van der Waals surface area contributed by atoms with E-state index in [1.807, 2.05) is 0 Å². The van der Waals surface area contributed by atoms with Crippen molar-refractivity contribution in [2.75, 3.05) is 0 Å². The molecule has 2 N–H and O–H groups in total. The lowest BCUT2D eigenvalue weighted by Crippen LogP contribution is -2.43. The maximum absolute atomic E-state index is 6.76. The van der Waals surface area contributed by atoms with E-state index in [0.29, 0.717) is 5.92 Å². The van der Waals surface area contributed by atoms with Gasteiger partial charge in [0, 0.05) is 5.54 Å². The molecular formula is C18H29N. The monoisotopic (exact) mass is 259 g/mol. The Bertz CT molecular complexity index is 411. The largest absolute Gasteiger partial charge is 0.321 e. The van der Waals surface area contributed by atoms with Crippen LogP contribution in [0.1, 0.15) is 58.1 Å². The quantitative estimate of drug-likeness (QED) is 0.850. The first-order chi connectivity index (χ1) is 8.89. The molecule has 1 heteroatoms. The van der Waals surface area contributed by atoms with E-state index in [4.69, 9.17) is 5.73 Å². The van der Waals surface area contributed by atoms with Crippen molar-refractivity contribution in [3.05, 3.63) is 35.4 Å². The molecule has 2 unspecified atom stereocenters. The Balaban J connectivity index is 2.24. The summed E-state index contributed by atoms with van der Waals surface area (Å²) in [6, 6.07) is 9.01. The lowest BCUT2D eigenvalue weighted by atomic mass is 9.69. The van der Waals surface area contributed by atoms with E-state index in [0.717, 1.165) is 31.1 Å². The van der Waals surface area contributed by atoms with Crippen LogP contribution in [0.5, 0.6) is 0 Å². The highest BCUT2D eigenvalue weighted by Crippen LogP contribution is 2.40. The molecule has 0 spiro atoms. The minimum atomic E-state index is -0.107. The zero-order valence-electron chi connectivity index (χ0n) is 12.9. The summed E-state index contributed by atoms with van der Waals surface area (Å²) in [5.74, 6) is 2.18. The van der Waals surface area contributed by atoms with E-state index in [1.54, 1.807) is 0 Å². The fourth-order valence-corrected chi connectivity index (χ4v) is 3.90. The number of nitrogens with two attached hydrogens (primary N) is 1. The highest BCUT2D eigenvalue weighted by Gasteiger charge is 2.35. The predicted molar refractivity (Wildman–Crippen MR) is 83.0 cm³/mol. The van der Waals surface area contributed by atoms with E-state index in [9.17, 15) is 0 Å². The zero-order chi connectivity index (χ0) is 14.0. The molecule has 19 heavy (non-hydrogen) atoms. The van der Waals surface area contributed by atoms with Gasteiger partial charge in [0.05, 0.1) is 0 Å². The maximum Gasteiger partial charge on any atom is 0.0414 e. The lowest BCUT2D eigenvalue weighted by Gasteiger charge is -2.40. The first-order valence-corrected chi connectivity index (χ1v) is 7.77. The Morgan fingerprint density at radius 2 is 1.84 bits per heavy atom. The molecule has 1 saturated carbocycles. The smallest absolute Gasteiger partial charge is 0.0414 e. The molecule has 1 aliphatic carbocycles. The molecule has 0 radical (unpaired) electrons. The molecule has 1 nitrogen and oxygen atoms in total. The molecule has 0 aromatic heterocycles. The van der Waals surface area contributed by atoms with Crippen molar-refractivity contribution in [2.24, 2.45) is 23.5 Å². The van der Waals surface area contributed by atoms with Gasteiger partial charge in [-0.1, -0.05) is 52.0 Å². The molecule has 2 rings (SSSR count). The van der Waals surface area contributed by atoms with Crippen molar-refractivity contribution >= 4 is 0 Å². The molecule has 1 aliphatic rings. The van der Waals surface area contributed by atoms with E-state index >= 15 is 0 Å². The third kappa shape index (κ3) is 3.60. The van der Waals surface area contributed by atoms with Gasteiger partial charge in [-0.2, -0.15) is 0 Å². The molecule has 0 bridgehead atoms. The van der Waals surface area contributed by atoms with E-state index in [1.165, 1.54) is 17.5 Å². The molecule has 1 aromatic rings.